The number of hydrogen-bond donors (Lipinski definition) is 0. The lowest BCUT2D eigenvalue weighted by Gasteiger charge is -2.21. The molecular formula is C14H18F2N2O4S. The molecule has 128 valence electrons. The molecule has 1 saturated heterocycles. The second-order valence-electron chi connectivity index (χ2n) is 5.21. The van der Waals surface area contributed by atoms with Gasteiger partial charge in [-0.1, -0.05) is 0 Å². The first-order chi connectivity index (χ1) is 10.8. The van der Waals surface area contributed by atoms with Gasteiger partial charge in [-0.05, 0) is 30.7 Å². The van der Waals surface area contributed by atoms with Crippen molar-refractivity contribution >= 4 is 15.9 Å². The van der Waals surface area contributed by atoms with Crippen molar-refractivity contribution < 1.29 is 26.7 Å². The van der Waals surface area contributed by atoms with Crippen molar-refractivity contribution in [2.45, 2.75) is 13.0 Å². The summed E-state index contributed by atoms with van der Waals surface area (Å²) in [5, 5.41) is 0. The van der Waals surface area contributed by atoms with Gasteiger partial charge in [-0.2, -0.15) is 8.78 Å². The van der Waals surface area contributed by atoms with Crippen molar-refractivity contribution in [3.05, 3.63) is 29.8 Å². The molecule has 0 saturated carbocycles. The molecule has 1 fully saturated rings. The SMILES string of the molecule is CS(=O)(=O)N1CCCN(C(=O)c2ccc(OC(F)F)cc2)CC1. The fourth-order valence-electron chi connectivity index (χ4n) is 2.39. The third-order valence-corrected chi connectivity index (χ3v) is 4.84. The Labute approximate surface area is 133 Å². The molecule has 0 aliphatic carbocycles. The van der Waals surface area contributed by atoms with E-state index in [1.807, 2.05) is 0 Å². The van der Waals surface area contributed by atoms with Crippen molar-refractivity contribution in [2.24, 2.45) is 0 Å². The summed E-state index contributed by atoms with van der Waals surface area (Å²) in [6.07, 6.45) is 1.69. The van der Waals surface area contributed by atoms with Crippen molar-refractivity contribution in [2.75, 3.05) is 32.4 Å². The molecule has 0 aromatic heterocycles. The van der Waals surface area contributed by atoms with Crippen molar-refractivity contribution in [3.63, 3.8) is 0 Å². The van der Waals surface area contributed by atoms with Crippen LogP contribution >= 0.6 is 0 Å². The molecule has 0 atom stereocenters. The van der Waals surface area contributed by atoms with E-state index >= 15 is 0 Å². The first-order valence-electron chi connectivity index (χ1n) is 7.06. The van der Waals surface area contributed by atoms with Crippen molar-refractivity contribution in [3.8, 4) is 5.75 Å². The summed E-state index contributed by atoms with van der Waals surface area (Å²) in [6.45, 7) is -1.55. The predicted molar refractivity (Wildman–Crippen MR) is 80.0 cm³/mol. The van der Waals surface area contributed by atoms with E-state index in [1.165, 1.54) is 28.6 Å². The maximum absolute atomic E-state index is 12.4. The molecule has 23 heavy (non-hydrogen) atoms. The smallest absolute Gasteiger partial charge is 0.387 e. The second-order valence-corrected chi connectivity index (χ2v) is 7.19. The Bertz CT molecular complexity index is 649. The van der Waals surface area contributed by atoms with E-state index in [2.05, 4.69) is 4.74 Å². The fourth-order valence-corrected chi connectivity index (χ4v) is 3.26. The molecule has 0 spiro atoms. The van der Waals surface area contributed by atoms with Gasteiger partial charge < -0.3 is 9.64 Å². The average molecular weight is 348 g/mol. The van der Waals surface area contributed by atoms with E-state index in [4.69, 9.17) is 0 Å². The van der Waals surface area contributed by atoms with Gasteiger partial charge in [0.05, 0.1) is 6.26 Å². The molecule has 1 aliphatic rings. The third kappa shape index (κ3) is 4.87. The molecule has 0 N–H and O–H groups in total. The van der Waals surface area contributed by atoms with Gasteiger partial charge in [-0.3, -0.25) is 4.79 Å². The zero-order valence-corrected chi connectivity index (χ0v) is 13.4. The summed E-state index contributed by atoms with van der Waals surface area (Å²) in [5.41, 5.74) is 0.347. The first kappa shape index (κ1) is 17.6. The molecule has 9 heteroatoms. The number of halogens is 2. The second kappa shape index (κ2) is 7.22. The highest BCUT2D eigenvalue weighted by Gasteiger charge is 2.24. The molecule has 0 bridgehead atoms. The summed E-state index contributed by atoms with van der Waals surface area (Å²) < 4.78 is 52.9. The van der Waals surface area contributed by atoms with Gasteiger partial charge in [0.25, 0.3) is 5.91 Å². The van der Waals surface area contributed by atoms with Gasteiger partial charge in [-0.15, -0.1) is 0 Å². The molecule has 6 nitrogen and oxygen atoms in total. The Hall–Kier alpha value is -1.74. The number of carbonyl (C=O) groups is 1. The zero-order valence-electron chi connectivity index (χ0n) is 12.6. The van der Waals surface area contributed by atoms with Crippen LogP contribution in [0.4, 0.5) is 8.78 Å². The van der Waals surface area contributed by atoms with Crippen LogP contribution in [0.1, 0.15) is 16.8 Å². The highest BCUT2D eigenvalue weighted by Crippen LogP contribution is 2.17. The molecule has 1 aromatic carbocycles. The van der Waals surface area contributed by atoms with Gasteiger partial charge in [0.1, 0.15) is 5.75 Å². The van der Waals surface area contributed by atoms with Crippen LogP contribution in [0.3, 0.4) is 0 Å². The lowest BCUT2D eigenvalue weighted by atomic mass is 10.2. The number of amides is 1. The van der Waals surface area contributed by atoms with Crippen LogP contribution in [0.15, 0.2) is 24.3 Å². The Morgan fingerprint density at radius 2 is 1.78 bits per heavy atom. The number of benzene rings is 1. The minimum absolute atomic E-state index is 0.0179. The Morgan fingerprint density at radius 1 is 1.13 bits per heavy atom. The zero-order chi connectivity index (χ0) is 17.0. The normalized spacial score (nSPS) is 17.1. The van der Waals surface area contributed by atoms with Gasteiger partial charge in [0.2, 0.25) is 10.0 Å². The maximum Gasteiger partial charge on any atom is 0.387 e. The van der Waals surface area contributed by atoms with Crippen molar-refractivity contribution in [1.82, 2.24) is 9.21 Å². The quantitative estimate of drug-likeness (QED) is 0.825. The van der Waals surface area contributed by atoms with E-state index in [-0.39, 0.29) is 18.2 Å². The highest BCUT2D eigenvalue weighted by molar-refractivity contribution is 7.88. The van der Waals surface area contributed by atoms with Crippen LogP contribution in [0.2, 0.25) is 0 Å². The summed E-state index contributed by atoms with van der Waals surface area (Å²) in [5.74, 6) is -0.278. The number of sulfonamides is 1. The largest absolute Gasteiger partial charge is 0.435 e. The maximum atomic E-state index is 12.4. The van der Waals surface area contributed by atoms with Crippen LogP contribution in [0.5, 0.6) is 5.75 Å². The Kier molecular flexibility index (Phi) is 5.53. The van der Waals surface area contributed by atoms with Crippen LogP contribution in [0, 0.1) is 0 Å². The Balaban J connectivity index is 2.03. The number of carbonyl (C=O) groups excluding carboxylic acids is 1. The fraction of sp³-hybridized carbons (Fsp3) is 0.500. The molecular weight excluding hydrogens is 330 g/mol. The van der Waals surface area contributed by atoms with E-state index in [1.54, 1.807) is 4.90 Å². The lowest BCUT2D eigenvalue weighted by Crippen LogP contribution is -2.36. The molecule has 1 heterocycles. The third-order valence-electron chi connectivity index (χ3n) is 3.54. The molecule has 0 radical (unpaired) electrons. The molecule has 1 amide bonds. The molecule has 1 aromatic rings. The van der Waals surface area contributed by atoms with Crippen LogP contribution in [-0.2, 0) is 10.0 Å². The van der Waals surface area contributed by atoms with Crippen LogP contribution < -0.4 is 4.74 Å². The predicted octanol–water partition coefficient (Wildman–Crippen LogP) is 1.40. The van der Waals surface area contributed by atoms with E-state index in [0.717, 1.165) is 6.26 Å². The van der Waals surface area contributed by atoms with Gasteiger partial charge in [0.15, 0.2) is 0 Å². The van der Waals surface area contributed by atoms with Gasteiger partial charge >= 0.3 is 6.61 Å². The van der Waals surface area contributed by atoms with Gasteiger partial charge in [-0.25, -0.2) is 12.7 Å². The van der Waals surface area contributed by atoms with Crippen LogP contribution in [-0.4, -0.2) is 62.6 Å². The number of nitrogens with zero attached hydrogens (tertiary/aromatic N) is 2. The van der Waals surface area contributed by atoms with E-state index in [0.29, 0.717) is 31.6 Å². The topological polar surface area (TPSA) is 66.9 Å². The van der Waals surface area contributed by atoms with Gasteiger partial charge in [0, 0.05) is 31.7 Å². The molecule has 2 rings (SSSR count). The average Bonchev–Trinajstić information content (AvgIpc) is 2.72. The highest BCUT2D eigenvalue weighted by atomic mass is 32.2. The first-order valence-corrected chi connectivity index (χ1v) is 8.91. The summed E-state index contributed by atoms with van der Waals surface area (Å²) in [7, 11) is -3.27. The summed E-state index contributed by atoms with van der Waals surface area (Å²) in [4.78, 5) is 14.0. The standard InChI is InChI=1S/C14H18F2N2O4S/c1-23(20,21)18-8-2-7-17(9-10-18)13(19)11-3-5-12(6-4-11)22-14(15)16/h3-6,14H,2,7-10H2,1H3. The van der Waals surface area contributed by atoms with E-state index in [9.17, 15) is 22.0 Å². The number of hydrogen-bond acceptors (Lipinski definition) is 4. The lowest BCUT2D eigenvalue weighted by molar-refractivity contribution is -0.0498. The molecule has 1 aliphatic heterocycles. The van der Waals surface area contributed by atoms with Crippen LogP contribution in [0.25, 0.3) is 0 Å². The summed E-state index contributed by atoms with van der Waals surface area (Å²) >= 11 is 0. The van der Waals surface area contributed by atoms with E-state index < -0.39 is 16.6 Å². The minimum Gasteiger partial charge on any atom is -0.435 e. The number of alkyl halides is 2. The number of rotatable bonds is 4. The monoisotopic (exact) mass is 348 g/mol. The number of ether oxygens (including phenoxy) is 1. The van der Waals surface area contributed by atoms with Crippen molar-refractivity contribution in [1.29, 1.82) is 0 Å². The minimum atomic E-state index is -3.27. The Morgan fingerprint density at radius 3 is 2.35 bits per heavy atom. The molecule has 0 unspecified atom stereocenters. The summed E-state index contributed by atoms with van der Waals surface area (Å²) in [6, 6.07) is 5.44.